The van der Waals surface area contributed by atoms with Crippen LogP contribution in [-0.2, 0) is 4.79 Å². The summed E-state index contributed by atoms with van der Waals surface area (Å²) in [7, 11) is 0. The van der Waals surface area contributed by atoms with Gasteiger partial charge in [-0.25, -0.2) is 4.79 Å². The van der Waals surface area contributed by atoms with E-state index < -0.39 is 5.97 Å². The van der Waals surface area contributed by atoms with Crippen molar-refractivity contribution in [3.8, 4) is 0 Å². The molecule has 0 aliphatic carbocycles. The fourth-order valence-corrected chi connectivity index (χ4v) is 1.70. The number of carbonyl (C=O) groups is 2. The lowest BCUT2D eigenvalue weighted by Crippen LogP contribution is -2.06. The van der Waals surface area contributed by atoms with Crippen LogP contribution in [0.4, 0.5) is 5.69 Å². The first-order valence-electron chi connectivity index (χ1n) is 5.11. The smallest absolute Gasteiger partial charge is 0.335 e. The molecule has 0 aliphatic heterocycles. The molecule has 17 heavy (non-hydrogen) atoms. The standard InChI is InChI=1S/C13H11NO3/c1-8(15)14-12-4-2-3-9-5-6-10(13(16)17)7-11(9)12/h2-7H,1H3,(H,14,15)(H,16,17). The molecule has 0 saturated heterocycles. The van der Waals surface area contributed by atoms with Gasteiger partial charge in [-0.05, 0) is 23.6 Å². The van der Waals surface area contributed by atoms with Gasteiger partial charge in [0.05, 0.1) is 5.56 Å². The molecule has 0 saturated carbocycles. The quantitative estimate of drug-likeness (QED) is 0.831. The zero-order valence-corrected chi connectivity index (χ0v) is 9.23. The number of aromatic carboxylic acids is 1. The van der Waals surface area contributed by atoms with Gasteiger partial charge in [0.2, 0.25) is 5.91 Å². The highest BCUT2D eigenvalue weighted by molar-refractivity contribution is 6.04. The predicted molar refractivity (Wildman–Crippen MR) is 65.2 cm³/mol. The normalized spacial score (nSPS) is 10.2. The van der Waals surface area contributed by atoms with Crippen molar-refractivity contribution in [2.75, 3.05) is 5.32 Å². The molecular weight excluding hydrogens is 218 g/mol. The third-order valence-electron chi connectivity index (χ3n) is 2.44. The fourth-order valence-electron chi connectivity index (χ4n) is 1.70. The van der Waals surface area contributed by atoms with E-state index in [1.165, 1.54) is 6.92 Å². The maximum atomic E-state index is 11.0. The van der Waals surface area contributed by atoms with Gasteiger partial charge in [-0.3, -0.25) is 4.79 Å². The predicted octanol–water partition coefficient (Wildman–Crippen LogP) is 2.50. The van der Waals surface area contributed by atoms with Gasteiger partial charge in [0, 0.05) is 18.0 Å². The van der Waals surface area contributed by atoms with Crippen molar-refractivity contribution in [2.45, 2.75) is 6.92 Å². The summed E-state index contributed by atoms with van der Waals surface area (Å²) in [5.41, 5.74) is 0.827. The van der Waals surface area contributed by atoms with Crippen LogP contribution in [-0.4, -0.2) is 17.0 Å². The van der Waals surface area contributed by atoms with Crippen LogP contribution < -0.4 is 5.32 Å². The molecule has 1 amide bonds. The van der Waals surface area contributed by atoms with E-state index >= 15 is 0 Å². The molecule has 4 heteroatoms. The summed E-state index contributed by atoms with van der Waals surface area (Å²) in [5, 5.41) is 13.2. The van der Waals surface area contributed by atoms with Crippen molar-refractivity contribution in [3.05, 3.63) is 42.0 Å². The Morgan fingerprint density at radius 3 is 2.59 bits per heavy atom. The van der Waals surface area contributed by atoms with Gasteiger partial charge >= 0.3 is 5.97 Å². The molecule has 2 aromatic rings. The Morgan fingerprint density at radius 1 is 1.18 bits per heavy atom. The number of hydrogen-bond acceptors (Lipinski definition) is 2. The van der Waals surface area contributed by atoms with Gasteiger partial charge in [0.1, 0.15) is 0 Å². The van der Waals surface area contributed by atoms with Crippen molar-refractivity contribution >= 4 is 28.3 Å². The highest BCUT2D eigenvalue weighted by Gasteiger charge is 2.07. The summed E-state index contributed by atoms with van der Waals surface area (Å²) in [6.07, 6.45) is 0. The van der Waals surface area contributed by atoms with E-state index in [9.17, 15) is 9.59 Å². The van der Waals surface area contributed by atoms with Crippen molar-refractivity contribution < 1.29 is 14.7 Å². The number of amides is 1. The zero-order chi connectivity index (χ0) is 12.4. The number of nitrogens with one attached hydrogen (secondary N) is 1. The van der Waals surface area contributed by atoms with Gasteiger partial charge in [-0.1, -0.05) is 18.2 Å². The number of anilines is 1. The molecule has 2 rings (SSSR count). The topological polar surface area (TPSA) is 66.4 Å². The second-order valence-corrected chi connectivity index (χ2v) is 3.73. The number of benzene rings is 2. The van der Waals surface area contributed by atoms with E-state index in [1.807, 2.05) is 12.1 Å². The van der Waals surface area contributed by atoms with E-state index in [-0.39, 0.29) is 11.5 Å². The molecule has 0 heterocycles. The summed E-state index contributed by atoms with van der Waals surface area (Å²) >= 11 is 0. The first-order chi connectivity index (χ1) is 8.08. The van der Waals surface area contributed by atoms with Crippen molar-refractivity contribution in [1.82, 2.24) is 0 Å². The van der Waals surface area contributed by atoms with Gasteiger partial charge in [0.25, 0.3) is 0 Å². The van der Waals surface area contributed by atoms with E-state index in [0.29, 0.717) is 5.69 Å². The number of rotatable bonds is 2. The summed E-state index contributed by atoms with van der Waals surface area (Å²) in [4.78, 5) is 21.9. The highest BCUT2D eigenvalue weighted by atomic mass is 16.4. The maximum Gasteiger partial charge on any atom is 0.335 e. The van der Waals surface area contributed by atoms with Gasteiger partial charge < -0.3 is 10.4 Å². The Labute approximate surface area is 97.9 Å². The van der Waals surface area contributed by atoms with Crippen LogP contribution in [0.5, 0.6) is 0 Å². The van der Waals surface area contributed by atoms with Gasteiger partial charge in [-0.15, -0.1) is 0 Å². The Bertz CT molecular complexity index is 605. The highest BCUT2D eigenvalue weighted by Crippen LogP contribution is 2.24. The van der Waals surface area contributed by atoms with Crippen LogP contribution >= 0.6 is 0 Å². The number of hydrogen-bond donors (Lipinski definition) is 2. The molecule has 2 N–H and O–H groups in total. The summed E-state index contributed by atoms with van der Waals surface area (Å²) in [6.45, 7) is 1.42. The third-order valence-corrected chi connectivity index (χ3v) is 2.44. The van der Waals surface area contributed by atoms with Gasteiger partial charge in [-0.2, -0.15) is 0 Å². The Balaban J connectivity index is 2.63. The summed E-state index contributed by atoms with van der Waals surface area (Å²) in [6, 6.07) is 10.3. The second-order valence-electron chi connectivity index (χ2n) is 3.73. The molecule has 0 atom stereocenters. The van der Waals surface area contributed by atoms with Crippen LogP contribution in [0.25, 0.3) is 10.8 Å². The molecule has 0 radical (unpaired) electrons. The van der Waals surface area contributed by atoms with Crippen LogP contribution in [0.3, 0.4) is 0 Å². The molecule has 0 fully saturated rings. The third kappa shape index (κ3) is 2.25. The largest absolute Gasteiger partial charge is 0.478 e. The SMILES string of the molecule is CC(=O)Nc1cccc2ccc(C(=O)O)cc12. The molecule has 0 unspecified atom stereocenters. The lowest BCUT2D eigenvalue weighted by atomic mass is 10.1. The maximum absolute atomic E-state index is 11.0. The number of carbonyl (C=O) groups excluding carboxylic acids is 1. The monoisotopic (exact) mass is 229 g/mol. The summed E-state index contributed by atoms with van der Waals surface area (Å²) in [5.74, 6) is -1.16. The van der Waals surface area contributed by atoms with E-state index in [2.05, 4.69) is 5.32 Å². The fraction of sp³-hybridized carbons (Fsp3) is 0.0769. The Kier molecular flexibility index (Phi) is 2.78. The Hall–Kier alpha value is -2.36. The van der Waals surface area contributed by atoms with Gasteiger partial charge in [0.15, 0.2) is 0 Å². The van der Waals surface area contributed by atoms with E-state index in [4.69, 9.17) is 5.11 Å². The van der Waals surface area contributed by atoms with E-state index in [0.717, 1.165) is 10.8 Å². The molecule has 86 valence electrons. The zero-order valence-electron chi connectivity index (χ0n) is 9.23. The summed E-state index contributed by atoms with van der Waals surface area (Å²) < 4.78 is 0. The first-order valence-corrected chi connectivity index (χ1v) is 5.11. The minimum atomic E-state index is -0.982. The molecule has 0 aliphatic rings. The van der Waals surface area contributed by atoms with Crippen LogP contribution in [0, 0.1) is 0 Å². The number of fused-ring (bicyclic) bond motifs is 1. The first kappa shape index (κ1) is 11.1. The number of carboxylic acids is 1. The molecule has 4 nitrogen and oxygen atoms in total. The van der Waals surface area contributed by atoms with Crippen molar-refractivity contribution in [1.29, 1.82) is 0 Å². The van der Waals surface area contributed by atoms with Crippen molar-refractivity contribution in [3.63, 3.8) is 0 Å². The lowest BCUT2D eigenvalue weighted by molar-refractivity contribution is -0.114. The van der Waals surface area contributed by atoms with Crippen molar-refractivity contribution in [2.24, 2.45) is 0 Å². The minimum Gasteiger partial charge on any atom is -0.478 e. The molecule has 0 aromatic heterocycles. The molecule has 0 spiro atoms. The van der Waals surface area contributed by atoms with Crippen LogP contribution in [0.2, 0.25) is 0 Å². The molecule has 2 aromatic carbocycles. The lowest BCUT2D eigenvalue weighted by Gasteiger charge is -2.07. The second kappa shape index (κ2) is 4.25. The average Bonchev–Trinajstić information content (AvgIpc) is 2.28. The van der Waals surface area contributed by atoms with E-state index in [1.54, 1.807) is 24.3 Å². The Morgan fingerprint density at radius 2 is 1.94 bits per heavy atom. The van der Waals surface area contributed by atoms with Crippen LogP contribution in [0.1, 0.15) is 17.3 Å². The molecule has 0 bridgehead atoms. The minimum absolute atomic E-state index is 0.182. The average molecular weight is 229 g/mol. The van der Waals surface area contributed by atoms with Crippen LogP contribution in [0.15, 0.2) is 36.4 Å². The molecular formula is C13H11NO3. The number of carboxylic acid groups (broad SMARTS) is 1.